The number of rotatable bonds is 3. The Balaban J connectivity index is 1.82. The maximum atomic E-state index is 13.6. The Bertz CT molecular complexity index is 1460. The highest BCUT2D eigenvalue weighted by molar-refractivity contribution is 6.93. The van der Waals surface area contributed by atoms with Gasteiger partial charge >= 0.3 is 5.97 Å². The van der Waals surface area contributed by atoms with Crippen molar-refractivity contribution in [3.05, 3.63) is 51.3 Å². The van der Waals surface area contributed by atoms with E-state index in [2.05, 4.69) is 46.0 Å². The number of aliphatic hydroxyl groups excluding tert-OH is 1. The van der Waals surface area contributed by atoms with Crippen LogP contribution in [-0.4, -0.2) is 35.3 Å². The number of cyclic esters (lactones) is 1. The van der Waals surface area contributed by atoms with E-state index in [-0.39, 0.29) is 17.2 Å². The molecular formula is C27H33N3O4Si. The van der Waals surface area contributed by atoms with Crippen molar-refractivity contribution in [1.82, 2.24) is 9.55 Å². The standard InChI is InChI=1S/C27H33N3O4Si/c1-7-27(14-31)18-11-20-22-15(12-30(20)24(32)17(18)13-34-25(27)33)10-16-19(28)8-9-21(23(16)29-22)35(5,6)26(2,3)4/h8-11,31H,7,12-14,28H2,1-6H3. The third-order valence-corrected chi connectivity index (χ3v) is 14.2. The Morgan fingerprint density at radius 2 is 1.94 bits per heavy atom. The maximum absolute atomic E-state index is 13.6. The van der Waals surface area contributed by atoms with E-state index in [4.69, 9.17) is 15.5 Å². The Morgan fingerprint density at radius 1 is 1.23 bits per heavy atom. The molecule has 2 aliphatic rings. The fourth-order valence-electron chi connectivity index (χ4n) is 5.33. The number of nitrogens with two attached hydrogens (primary N) is 1. The molecule has 0 fully saturated rings. The molecule has 8 heteroatoms. The van der Waals surface area contributed by atoms with Crippen molar-refractivity contribution < 1.29 is 14.6 Å². The van der Waals surface area contributed by atoms with Gasteiger partial charge in [-0.1, -0.05) is 46.9 Å². The van der Waals surface area contributed by atoms with Crippen molar-refractivity contribution in [3.63, 3.8) is 0 Å². The number of carbonyl (C=O) groups is 1. The number of carbonyl (C=O) groups excluding carboxylic acids is 1. The fourth-order valence-corrected chi connectivity index (χ4v) is 7.42. The molecule has 1 unspecified atom stereocenters. The molecule has 1 aromatic carbocycles. The lowest BCUT2D eigenvalue weighted by molar-refractivity contribution is -0.156. The minimum atomic E-state index is -1.95. The molecule has 2 aliphatic heterocycles. The minimum Gasteiger partial charge on any atom is -0.460 e. The normalized spacial score (nSPS) is 19.3. The zero-order valence-electron chi connectivity index (χ0n) is 21.3. The van der Waals surface area contributed by atoms with Crippen LogP contribution >= 0.6 is 0 Å². The second-order valence-corrected chi connectivity index (χ2v) is 16.7. The van der Waals surface area contributed by atoms with E-state index < -0.39 is 26.1 Å². The average molecular weight is 492 g/mol. The summed E-state index contributed by atoms with van der Waals surface area (Å²) in [7, 11) is -1.95. The van der Waals surface area contributed by atoms with E-state index >= 15 is 0 Å². The summed E-state index contributed by atoms with van der Waals surface area (Å²) in [5.41, 5.74) is 9.87. The van der Waals surface area contributed by atoms with Crippen molar-refractivity contribution in [2.24, 2.45) is 0 Å². The second kappa shape index (κ2) is 7.51. The van der Waals surface area contributed by atoms with E-state index in [1.165, 1.54) is 5.19 Å². The van der Waals surface area contributed by atoms with E-state index in [9.17, 15) is 14.7 Å². The summed E-state index contributed by atoms with van der Waals surface area (Å²) in [6.45, 7) is 13.2. The Kier molecular flexibility index (Phi) is 5.10. The van der Waals surface area contributed by atoms with E-state index in [1.54, 1.807) is 4.57 Å². The van der Waals surface area contributed by atoms with Crippen LogP contribution < -0.4 is 16.5 Å². The van der Waals surface area contributed by atoms with Gasteiger partial charge < -0.3 is 20.1 Å². The van der Waals surface area contributed by atoms with Crippen molar-refractivity contribution in [2.45, 2.75) is 70.8 Å². The van der Waals surface area contributed by atoms with Crippen molar-refractivity contribution in [2.75, 3.05) is 12.3 Å². The second-order valence-electron chi connectivity index (χ2n) is 11.5. The van der Waals surface area contributed by atoms with Crippen LogP contribution in [-0.2, 0) is 28.1 Å². The Morgan fingerprint density at radius 3 is 2.57 bits per heavy atom. The number of ether oxygens (including phenoxy) is 1. The van der Waals surface area contributed by atoms with Crippen LogP contribution in [0.1, 0.15) is 50.8 Å². The predicted molar refractivity (Wildman–Crippen MR) is 141 cm³/mol. The summed E-state index contributed by atoms with van der Waals surface area (Å²) in [5, 5.41) is 12.5. The number of aromatic nitrogens is 2. The lowest BCUT2D eigenvalue weighted by Gasteiger charge is -2.38. The van der Waals surface area contributed by atoms with Gasteiger partial charge in [-0.3, -0.25) is 9.59 Å². The molecule has 0 saturated heterocycles. The zero-order chi connectivity index (χ0) is 25.5. The molecule has 35 heavy (non-hydrogen) atoms. The van der Waals surface area contributed by atoms with Gasteiger partial charge in [0.05, 0.1) is 43.7 Å². The summed E-state index contributed by atoms with van der Waals surface area (Å²) < 4.78 is 7.05. The van der Waals surface area contributed by atoms with Crippen LogP contribution in [0.5, 0.6) is 0 Å². The lowest BCUT2D eigenvalue weighted by Crippen LogP contribution is -2.50. The molecule has 4 heterocycles. The number of fused-ring (bicyclic) bond motifs is 5. The molecule has 3 N–H and O–H groups in total. The van der Waals surface area contributed by atoms with Crippen LogP contribution in [0.25, 0.3) is 22.3 Å². The maximum Gasteiger partial charge on any atom is 0.319 e. The Labute approximate surface area is 206 Å². The molecule has 0 amide bonds. The number of esters is 1. The first-order valence-corrected chi connectivity index (χ1v) is 15.2. The first-order valence-electron chi connectivity index (χ1n) is 12.2. The average Bonchev–Trinajstić information content (AvgIpc) is 3.16. The molecule has 184 valence electrons. The molecule has 3 aromatic rings. The number of anilines is 1. The van der Waals surface area contributed by atoms with Crippen LogP contribution in [0.4, 0.5) is 5.69 Å². The first kappa shape index (κ1) is 23.8. The molecule has 0 saturated carbocycles. The molecule has 7 nitrogen and oxygen atoms in total. The van der Waals surface area contributed by atoms with Crippen LogP contribution in [0.2, 0.25) is 18.1 Å². The van der Waals surface area contributed by atoms with Crippen molar-refractivity contribution >= 4 is 35.8 Å². The SMILES string of the molecule is CCC1(CO)C(=O)OCc2c1cc1n(c2=O)Cc2cc3c(N)ccc([Si](C)(C)C(C)(C)C)c3nc2-1. The highest BCUT2D eigenvalue weighted by Gasteiger charge is 2.46. The van der Waals surface area contributed by atoms with Crippen molar-refractivity contribution in [3.8, 4) is 11.4 Å². The molecule has 0 bridgehead atoms. The smallest absolute Gasteiger partial charge is 0.319 e. The monoisotopic (exact) mass is 491 g/mol. The third-order valence-electron chi connectivity index (χ3n) is 8.74. The van der Waals surface area contributed by atoms with Gasteiger partial charge in [-0.05, 0) is 40.4 Å². The van der Waals surface area contributed by atoms with Gasteiger partial charge in [-0.2, -0.15) is 0 Å². The summed E-state index contributed by atoms with van der Waals surface area (Å²) >= 11 is 0. The van der Waals surface area contributed by atoms with E-state index in [0.29, 0.717) is 35.5 Å². The quantitative estimate of drug-likeness (QED) is 0.258. The fraction of sp³-hybridized carbons (Fsp3) is 0.444. The highest BCUT2D eigenvalue weighted by atomic mass is 28.3. The Hall–Kier alpha value is -2.97. The number of hydrogen-bond donors (Lipinski definition) is 2. The van der Waals surface area contributed by atoms with Gasteiger partial charge in [0.2, 0.25) is 0 Å². The van der Waals surface area contributed by atoms with Crippen LogP contribution in [0.15, 0.2) is 29.1 Å². The third kappa shape index (κ3) is 3.09. The van der Waals surface area contributed by atoms with Gasteiger partial charge in [-0.15, -0.1) is 0 Å². The van der Waals surface area contributed by atoms with Crippen LogP contribution in [0, 0.1) is 0 Å². The van der Waals surface area contributed by atoms with Gasteiger partial charge in [0.1, 0.15) is 12.0 Å². The van der Waals surface area contributed by atoms with Crippen LogP contribution in [0.3, 0.4) is 0 Å². The lowest BCUT2D eigenvalue weighted by atomic mass is 9.75. The van der Waals surface area contributed by atoms with E-state index in [0.717, 1.165) is 22.2 Å². The molecule has 0 radical (unpaired) electrons. The molecule has 1 atom stereocenters. The topological polar surface area (TPSA) is 107 Å². The summed E-state index contributed by atoms with van der Waals surface area (Å²) in [6, 6.07) is 8.03. The molecular weight excluding hydrogens is 458 g/mol. The molecule has 0 spiro atoms. The number of hydrogen-bond acceptors (Lipinski definition) is 6. The summed E-state index contributed by atoms with van der Waals surface area (Å²) in [6.07, 6.45) is 0.336. The number of aliphatic hydroxyl groups is 1. The molecule has 5 rings (SSSR count). The van der Waals surface area contributed by atoms with Gasteiger partial charge in [0, 0.05) is 16.6 Å². The largest absolute Gasteiger partial charge is 0.460 e. The van der Waals surface area contributed by atoms with Gasteiger partial charge in [-0.25, -0.2) is 4.98 Å². The number of nitrogen functional groups attached to an aromatic ring is 1. The summed E-state index contributed by atoms with van der Waals surface area (Å²) in [5.74, 6) is -0.489. The number of benzene rings is 1. The first-order chi connectivity index (χ1) is 16.4. The zero-order valence-corrected chi connectivity index (χ0v) is 22.3. The minimum absolute atomic E-state index is 0.0801. The molecule has 2 aromatic heterocycles. The van der Waals surface area contributed by atoms with Crippen molar-refractivity contribution in [1.29, 1.82) is 0 Å². The van der Waals surface area contributed by atoms with Gasteiger partial charge in [0.15, 0.2) is 0 Å². The highest BCUT2D eigenvalue weighted by Crippen LogP contribution is 2.41. The number of pyridine rings is 2. The number of nitrogens with zero attached hydrogens (tertiary/aromatic N) is 2. The summed E-state index contributed by atoms with van der Waals surface area (Å²) in [4.78, 5) is 31.5. The van der Waals surface area contributed by atoms with Gasteiger partial charge in [0.25, 0.3) is 5.56 Å². The predicted octanol–water partition coefficient (Wildman–Crippen LogP) is 3.42. The molecule has 0 aliphatic carbocycles. The van der Waals surface area contributed by atoms with E-state index in [1.807, 2.05) is 19.1 Å².